The highest BCUT2D eigenvalue weighted by atomic mass is 35.5. The minimum atomic E-state index is 0.618. The van der Waals surface area contributed by atoms with E-state index in [4.69, 9.17) is 11.6 Å². The molecule has 16 heavy (non-hydrogen) atoms. The molecule has 0 atom stereocenters. The van der Waals surface area contributed by atoms with Crippen LogP contribution in [0, 0.1) is 18.8 Å². The fraction of sp³-hybridized carbons (Fsp3) is 0.571. The van der Waals surface area contributed by atoms with Crippen molar-refractivity contribution in [2.75, 3.05) is 5.32 Å². The Hall–Kier alpha value is -0.690. The molecule has 0 saturated heterocycles. The fourth-order valence-electron chi connectivity index (χ4n) is 2.28. The van der Waals surface area contributed by atoms with Crippen molar-refractivity contribution in [1.82, 2.24) is 0 Å². The number of nitrogens with one attached hydrogen (secondary N) is 1. The number of benzene rings is 1. The summed E-state index contributed by atoms with van der Waals surface area (Å²) in [6.45, 7) is 6.67. The first-order chi connectivity index (χ1) is 7.56. The highest BCUT2D eigenvalue weighted by Crippen LogP contribution is 2.36. The molecule has 0 bridgehead atoms. The number of hydrogen-bond acceptors (Lipinski definition) is 1. The second-order valence-corrected chi connectivity index (χ2v) is 5.71. The summed E-state index contributed by atoms with van der Waals surface area (Å²) in [4.78, 5) is 0. The van der Waals surface area contributed by atoms with Gasteiger partial charge in [-0.25, -0.2) is 0 Å². The van der Waals surface area contributed by atoms with Crippen molar-refractivity contribution in [1.29, 1.82) is 0 Å². The van der Waals surface area contributed by atoms with Gasteiger partial charge >= 0.3 is 0 Å². The average molecular weight is 238 g/mol. The van der Waals surface area contributed by atoms with Gasteiger partial charge < -0.3 is 5.32 Å². The number of halogens is 1. The van der Waals surface area contributed by atoms with E-state index in [1.54, 1.807) is 0 Å². The Morgan fingerprint density at radius 2 is 2.00 bits per heavy atom. The number of rotatable bonds is 3. The van der Waals surface area contributed by atoms with Crippen LogP contribution in [0.5, 0.6) is 0 Å². The maximum atomic E-state index is 6.19. The van der Waals surface area contributed by atoms with Crippen LogP contribution in [0.4, 0.5) is 5.69 Å². The molecule has 0 spiro atoms. The summed E-state index contributed by atoms with van der Waals surface area (Å²) in [5, 5.41) is 4.37. The van der Waals surface area contributed by atoms with E-state index in [0.29, 0.717) is 6.04 Å². The molecule has 1 nitrogen and oxygen atoms in total. The Balaban J connectivity index is 1.91. The van der Waals surface area contributed by atoms with Crippen LogP contribution in [0.15, 0.2) is 18.2 Å². The zero-order valence-electron chi connectivity index (χ0n) is 10.3. The second-order valence-electron chi connectivity index (χ2n) is 5.30. The highest BCUT2D eigenvalue weighted by molar-refractivity contribution is 6.33. The van der Waals surface area contributed by atoms with Gasteiger partial charge in [0.05, 0.1) is 10.7 Å². The normalized spacial score (nSPS) is 24.3. The molecule has 1 aromatic carbocycles. The third-order valence-corrected chi connectivity index (χ3v) is 3.91. The molecule has 2 rings (SSSR count). The van der Waals surface area contributed by atoms with Gasteiger partial charge in [-0.2, -0.15) is 0 Å². The van der Waals surface area contributed by atoms with Gasteiger partial charge in [-0.3, -0.25) is 0 Å². The molecule has 0 aliphatic heterocycles. The minimum Gasteiger partial charge on any atom is -0.381 e. The van der Waals surface area contributed by atoms with Crippen LogP contribution in [0.25, 0.3) is 0 Å². The zero-order chi connectivity index (χ0) is 11.7. The monoisotopic (exact) mass is 237 g/mol. The first-order valence-electron chi connectivity index (χ1n) is 6.09. The minimum absolute atomic E-state index is 0.618. The molecule has 1 fully saturated rings. The summed E-state index contributed by atoms with van der Waals surface area (Å²) in [5.41, 5.74) is 2.30. The number of aryl methyl sites for hydroxylation is 1. The largest absolute Gasteiger partial charge is 0.381 e. The summed E-state index contributed by atoms with van der Waals surface area (Å²) in [5.74, 6) is 1.70. The molecule has 1 saturated carbocycles. The molecule has 1 aliphatic carbocycles. The smallest absolute Gasteiger partial charge is 0.0640 e. The first-order valence-corrected chi connectivity index (χ1v) is 6.46. The van der Waals surface area contributed by atoms with Crippen molar-refractivity contribution < 1.29 is 0 Å². The van der Waals surface area contributed by atoms with Gasteiger partial charge in [-0.15, -0.1) is 0 Å². The van der Waals surface area contributed by atoms with Crippen molar-refractivity contribution in [3.8, 4) is 0 Å². The molecular formula is C14H20ClN. The van der Waals surface area contributed by atoms with Crippen molar-refractivity contribution in [3.63, 3.8) is 0 Å². The van der Waals surface area contributed by atoms with Crippen LogP contribution in [0.2, 0.25) is 5.02 Å². The molecule has 1 aliphatic rings. The Bertz CT molecular complexity index is 367. The van der Waals surface area contributed by atoms with E-state index in [-0.39, 0.29) is 0 Å². The molecule has 1 N–H and O–H groups in total. The molecule has 0 aromatic heterocycles. The summed E-state index contributed by atoms with van der Waals surface area (Å²) in [7, 11) is 0. The average Bonchev–Trinajstić information content (AvgIpc) is 2.12. The quantitative estimate of drug-likeness (QED) is 0.817. The van der Waals surface area contributed by atoms with Gasteiger partial charge in [-0.05, 0) is 49.3 Å². The van der Waals surface area contributed by atoms with Gasteiger partial charge in [-0.1, -0.05) is 31.5 Å². The molecule has 0 amide bonds. The molecule has 1 aromatic rings. The van der Waals surface area contributed by atoms with E-state index in [1.165, 1.54) is 18.4 Å². The van der Waals surface area contributed by atoms with Crippen LogP contribution in [0.1, 0.15) is 32.3 Å². The Labute approximate surface area is 103 Å². The van der Waals surface area contributed by atoms with E-state index in [2.05, 4.69) is 38.2 Å². The molecule has 0 radical (unpaired) electrons. The summed E-state index contributed by atoms with van der Waals surface area (Å²) in [6.07, 6.45) is 2.56. The van der Waals surface area contributed by atoms with Crippen molar-refractivity contribution in [2.24, 2.45) is 11.8 Å². The lowest BCUT2D eigenvalue weighted by molar-refractivity contribution is 0.212. The summed E-state index contributed by atoms with van der Waals surface area (Å²) in [6, 6.07) is 6.82. The lowest BCUT2D eigenvalue weighted by Gasteiger charge is -2.39. The van der Waals surface area contributed by atoms with Crippen LogP contribution in [-0.2, 0) is 0 Å². The Kier molecular flexibility index (Phi) is 3.44. The van der Waals surface area contributed by atoms with Crippen LogP contribution >= 0.6 is 11.6 Å². The molecule has 0 unspecified atom stereocenters. The Morgan fingerprint density at radius 3 is 2.56 bits per heavy atom. The molecule has 88 valence electrons. The number of hydrogen-bond donors (Lipinski definition) is 1. The van der Waals surface area contributed by atoms with Gasteiger partial charge in [0.2, 0.25) is 0 Å². The molecular weight excluding hydrogens is 218 g/mol. The van der Waals surface area contributed by atoms with Crippen molar-refractivity contribution in [2.45, 2.75) is 39.7 Å². The van der Waals surface area contributed by atoms with Crippen LogP contribution < -0.4 is 5.32 Å². The summed E-state index contributed by atoms with van der Waals surface area (Å²) < 4.78 is 0. The second kappa shape index (κ2) is 4.67. The van der Waals surface area contributed by atoms with Gasteiger partial charge in [0.1, 0.15) is 0 Å². The van der Waals surface area contributed by atoms with Gasteiger partial charge in [0.15, 0.2) is 0 Å². The molecule has 2 heteroatoms. The fourth-order valence-corrected chi connectivity index (χ4v) is 2.57. The SMILES string of the molecule is Cc1ccc(NC2CC(C(C)C)C2)c(Cl)c1. The maximum absolute atomic E-state index is 6.19. The third-order valence-electron chi connectivity index (χ3n) is 3.60. The topological polar surface area (TPSA) is 12.0 Å². The van der Waals surface area contributed by atoms with Crippen LogP contribution in [0.3, 0.4) is 0 Å². The lowest BCUT2D eigenvalue weighted by Crippen LogP contribution is -2.37. The van der Waals surface area contributed by atoms with E-state index >= 15 is 0 Å². The third kappa shape index (κ3) is 2.52. The Morgan fingerprint density at radius 1 is 1.31 bits per heavy atom. The van der Waals surface area contributed by atoms with E-state index in [1.807, 2.05) is 6.07 Å². The number of anilines is 1. The predicted octanol–water partition coefficient (Wildman–Crippen LogP) is 4.49. The zero-order valence-corrected chi connectivity index (χ0v) is 11.0. The molecule has 0 heterocycles. The predicted molar refractivity (Wildman–Crippen MR) is 71.2 cm³/mol. The van der Waals surface area contributed by atoms with E-state index in [0.717, 1.165) is 22.5 Å². The van der Waals surface area contributed by atoms with Crippen LogP contribution in [-0.4, -0.2) is 6.04 Å². The van der Waals surface area contributed by atoms with E-state index < -0.39 is 0 Å². The van der Waals surface area contributed by atoms with Gasteiger partial charge in [0, 0.05) is 6.04 Å². The van der Waals surface area contributed by atoms with E-state index in [9.17, 15) is 0 Å². The maximum Gasteiger partial charge on any atom is 0.0640 e. The van der Waals surface area contributed by atoms with Crippen molar-refractivity contribution in [3.05, 3.63) is 28.8 Å². The van der Waals surface area contributed by atoms with Gasteiger partial charge in [0.25, 0.3) is 0 Å². The van der Waals surface area contributed by atoms with Crippen molar-refractivity contribution >= 4 is 17.3 Å². The highest BCUT2D eigenvalue weighted by Gasteiger charge is 2.31. The summed E-state index contributed by atoms with van der Waals surface area (Å²) >= 11 is 6.19. The lowest BCUT2D eigenvalue weighted by atomic mass is 9.73. The standard InChI is InChI=1S/C14H20ClN/c1-9(2)11-7-12(8-11)16-14-5-4-10(3)6-13(14)15/h4-6,9,11-12,16H,7-8H2,1-3H3. The first kappa shape index (κ1) is 11.8.